The molecule has 0 aliphatic carbocycles. The lowest BCUT2D eigenvalue weighted by Crippen LogP contribution is -2.55. The van der Waals surface area contributed by atoms with Crippen LogP contribution in [0.4, 0.5) is 10.5 Å². The predicted molar refractivity (Wildman–Crippen MR) is 93.2 cm³/mol. The number of anilines is 1. The molecule has 1 aromatic rings. The van der Waals surface area contributed by atoms with Crippen LogP contribution >= 0.6 is 0 Å². The maximum absolute atomic E-state index is 12.3. The number of piperidine rings is 2. The third-order valence-corrected chi connectivity index (χ3v) is 5.16. The summed E-state index contributed by atoms with van der Waals surface area (Å²) < 4.78 is 11.0. The molecule has 132 valence electrons. The lowest BCUT2D eigenvalue weighted by atomic mass is 9.83. The average molecular weight is 333 g/mol. The molecular formula is C18H27N3O3. The average Bonchev–Trinajstić information content (AvgIpc) is 2.54. The molecule has 6 heteroatoms. The Balaban J connectivity index is 1.61. The predicted octanol–water partition coefficient (Wildman–Crippen LogP) is 2.85. The van der Waals surface area contributed by atoms with Gasteiger partial charge in [-0.1, -0.05) is 12.5 Å². The van der Waals surface area contributed by atoms with Crippen LogP contribution in [-0.2, 0) is 4.74 Å². The van der Waals surface area contributed by atoms with E-state index in [1.54, 1.807) is 7.11 Å². The van der Waals surface area contributed by atoms with Gasteiger partial charge in [-0.25, -0.2) is 4.79 Å². The molecule has 3 rings (SSSR count). The molecule has 2 heterocycles. The van der Waals surface area contributed by atoms with Crippen molar-refractivity contribution < 1.29 is 14.3 Å². The van der Waals surface area contributed by atoms with E-state index in [9.17, 15) is 4.79 Å². The summed E-state index contributed by atoms with van der Waals surface area (Å²) in [7, 11) is 1.59. The zero-order valence-corrected chi connectivity index (χ0v) is 14.5. The topological polar surface area (TPSA) is 76.8 Å². The number of methoxy groups -OCH3 is 1. The van der Waals surface area contributed by atoms with Crippen LogP contribution in [0.3, 0.4) is 0 Å². The number of hydrogen-bond acceptors (Lipinski definition) is 5. The first-order chi connectivity index (χ1) is 11.6. The zero-order chi connectivity index (χ0) is 17.1. The number of ether oxygens (including phenoxy) is 2. The Morgan fingerprint density at radius 1 is 1.33 bits per heavy atom. The summed E-state index contributed by atoms with van der Waals surface area (Å²) in [6, 6.07) is 6.54. The maximum atomic E-state index is 12.3. The molecule has 1 amide bonds. The molecule has 2 aliphatic heterocycles. The Hall–Kier alpha value is -1.79. The van der Waals surface area contributed by atoms with E-state index in [-0.39, 0.29) is 6.10 Å². The summed E-state index contributed by atoms with van der Waals surface area (Å²) in [5, 5.41) is 2.82. The standard InChI is InChI=1S/C18H27N3O3/c1-12-6-7-17(23-2)16(8-12)20-18(22)24-15-9-13-4-3-5-14(10-15)21(13)11-19/h6-8,13-15H,3-5,9-11,19H2,1-2H3,(H,20,22). The van der Waals surface area contributed by atoms with E-state index in [1.165, 1.54) is 6.42 Å². The fourth-order valence-electron chi connectivity index (χ4n) is 4.03. The van der Waals surface area contributed by atoms with Crippen molar-refractivity contribution in [1.29, 1.82) is 0 Å². The van der Waals surface area contributed by atoms with E-state index in [2.05, 4.69) is 10.2 Å². The van der Waals surface area contributed by atoms with Gasteiger partial charge < -0.3 is 15.2 Å². The normalized spacial score (nSPS) is 26.7. The molecule has 2 aliphatic rings. The van der Waals surface area contributed by atoms with Gasteiger partial charge in [0.2, 0.25) is 0 Å². The molecule has 2 atom stereocenters. The van der Waals surface area contributed by atoms with Crippen molar-refractivity contribution >= 4 is 11.8 Å². The van der Waals surface area contributed by atoms with Crippen LogP contribution in [0.1, 0.15) is 37.7 Å². The summed E-state index contributed by atoms with van der Waals surface area (Å²) in [4.78, 5) is 14.7. The largest absolute Gasteiger partial charge is 0.495 e. The Kier molecular flexibility index (Phi) is 5.26. The molecule has 24 heavy (non-hydrogen) atoms. The molecule has 2 unspecified atom stereocenters. The van der Waals surface area contributed by atoms with Gasteiger partial charge >= 0.3 is 6.09 Å². The minimum atomic E-state index is -0.414. The van der Waals surface area contributed by atoms with Gasteiger partial charge in [0, 0.05) is 31.6 Å². The monoisotopic (exact) mass is 333 g/mol. The van der Waals surface area contributed by atoms with Crippen LogP contribution in [0.25, 0.3) is 0 Å². The highest BCUT2D eigenvalue weighted by Crippen LogP contribution is 2.34. The van der Waals surface area contributed by atoms with Gasteiger partial charge in [-0.3, -0.25) is 10.2 Å². The van der Waals surface area contributed by atoms with Crippen molar-refractivity contribution in [2.75, 3.05) is 19.1 Å². The smallest absolute Gasteiger partial charge is 0.412 e. The van der Waals surface area contributed by atoms with E-state index in [1.807, 2.05) is 25.1 Å². The van der Waals surface area contributed by atoms with Crippen molar-refractivity contribution in [2.45, 2.75) is 57.2 Å². The fraction of sp³-hybridized carbons (Fsp3) is 0.611. The van der Waals surface area contributed by atoms with E-state index >= 15 is 0 Å². The van der Waals surface area contributed by atoms with E-state index in [4.69, 9.17) is 15.2 Å². The van der Waals surface area contributed by atoms with Gasteiger partial charge in [-0.05, 0) is 37.5 Å². The minimum Gasteiger partial charge on any atom is -0.495 e. The highest BCUT2D eigenvalue weighted by molar-refractivity contribution is 5.87. The van der Waals surface area contributed by atoms with Crippen LogP contribution in [0.2, 0.25) is 0 Å². The molecule has 0 saturated carbocycles. The second-order valence-electron chi connectivity index (χ2n) is 6.76. The summed E-state index contributed by atoms with van der Waals surface area (Å²) in [6.45, 7) is 2.56. The van der Waals surface area contributed by atoms with Crippen molar-refractivity contribution in [3.05, 3.63) is 23.8 Å². The molecular weight excluding hydrogens is 306 g/mol. The number of rotatable bonds is 4. The van der Waals surface area contributed by atoms with Crippen LogP contribution < -0.4 is 15.8 Å². The quantitative estimate of drug-likeness (QED) is 0.886. The van der Waals surface area contributed by atoms with E-state index in [0.29, 0.717) is 30.2 Å². The molecule has 2 saturated heterocycles. The fourth-order valence-corrected chi connectivity index (χ4v) is 4.03. The number of hydrogen-bond donors (Lipinski definition) is 2. The molecule has 1 aromatic carbocycles. The summed E-state index contributed by atoms with van der Waals surface area (Å²) >= 11 is 0. The lowest BCUT2D eigenvalue weighted by molar-refractivity contribution is -0.0288. The van der Waals surface area contributed by atoms with Gasteiger partial charge in [0.15, 0.2) is 0 Å². The maximum Gasteiger partial charge on any atom is 0.412 e. The lowest BCUT2D eigenvalue weighted by Gasteiger charge is -2.47. The number of carbonyl (C=O) groups excluding carboxylic acids is 1. The van der Waals surface area contributed by atoms with Crippen LogP contribution in [0, 0.1) is 6.92 Å². The molecule has 2 bridgehead atoms. The molecule has 0 radical (unpaired) electrons. The van der Waals surface area contributed by atoms with Gasteiger partial charge in [0.1, 0.15) is 11.9 Å². The zero-order valence-electron chi connectivity index (χ0n) is 14.5. The number of nitrogens with two attached hydrogens (primary N) is 1. The van der Waals surface area contributed by atoms with Gasteiger partial charge in [0.25, 0.3) is 0 Å². The summed E-state index contributed by atoms with van der Waals surface area (Å²) in [6.07, 6.45) is 4.80. The summed E-state index contributed by atoms with van der Waals surface area (Å²) in [5.41, 5.74) is 7.57. The first-order valence-electron chi connectivity index (χ1n) is 8.68. The van der Waals surface area contributed by atoms with Gasteiger partial charge in [-0.15, -0.1) is 0 Å². The highest BCUT2D eigenvalue weighted by atomic mass is 16.6. The first-order valence-corrected chi connectivity index (χ1v) is 8.68. The highest BCUT2D eigenvalue weighted by Gasteiger charge is 2.39. The van der Waals surface area contributed by atoms with Gasteiger partial charge in [0.05, 0.1) is 12.8 Å². The summed E-state index contributed by atoms with van der Waals surface area (Å²) in [5.74, 6) is 0.632. The molecule has 3 N–H and O–H groups in total. The van der Waals surface area contributed by atoms with Gasteiger partial charge in [-0.2, -0.15) is 0 Å². The van der Waals surface area contributed by atoms with Crippen molar-refractivity contribution in [3.8, 4) is 5.75 Å². The molecule has 2 fully saturated rings. The Morgan fingerprint density at radius 3 is 2.67 bits per heavy atom. The first kappa shape index (κ1) is 17.0. The number of fused-ring (bicyclic) bond motifs is 2. The second kappa shape index (κ2) is 7.40. The number of nitrogens with one attached hydrogen (secondary N) is 1. The molecule has 0 aromatic heterocycles. The molecule has 6 nitrogen and oxygen atoms in total. The number of benzene rings is 1. The second-order valence-corrected chi connectivity index (χ2v) is 6.76. The molecule has 0 spiro atoms. The van der Waals surface area contributed by atoms with Crippen LogP contribution in [0.15, 0.2) is 18.2 Å². The third kappa shape index (κ3) is 3.65. The Morgan fingerprint density at radius 2 is 2.04 bits per heavy atom. The number of nitrogens with zero attached hydrogens (tertiary/aromatic N) is 1. The Labute approximate surface area is 143 Å². The van der Waals surface area contributed by atoms with Crippen LogP contribution in [0.5, 0.6) is 5.75 Å². The minimum absolute atomic E-state index is 0.0427. The SMILES string of the molecule is COc1ccc(C)cc1NC(=O)OC1CC2CCCC(C1)N2CN. The number of amides is 1. The van der Waals surface area contributed by atoms with Crippen molar-refractivity contribution in [1.82, 2.24) is 4.90 Å². The van der Waals surface area contributed by atoms with Crippen LogP contribution in [-0.4, -0.2) is 43.0 Å². The Bertz CT molecular complexity index is 579. The van der Waals surface area contributed by atoms with E-state index in [0.717, 1.165) is 31.2 Å². The third-order valence-electron chi connectivity index (χ3n) is 5.16. The number of carbonyl (C=O) groups is 1. The van der Waals surface area contributed by atoms with E-state index < -0.39 is 6.09 Å². The van der Waals surface area contributed by atoms with Crippen molar-refractivity contribution in [2.24, 2.45) is 5.73 Å². The number of aryl methyl sites for hydroxylation is 1. The van der Waals surface area contributed by atoms with Crippen molar-refractivity contribution in [3.63, 3.8) is 0 Å².